The molecule has 18 heavy (non-hydrogen) atoms. The third-order valence-electron chi connectivity index (χ3n) is 2.98. The molecule has 1 atom stereocenters. The van der Waals surface area contributed by atoms with Gasteiger partial charge in [-0.3, -0.25) is 4.79 Å². The maximum Gasteiger partial charge on any atom is 0.338 e. The van der Waals surface area contributed by atoms with Crippen LogP contribution in [-0.4, -0.2) is 18.4 Å². The molecule has 1 unspecified atom stereocenters. The van der Waals surface area contributed by atoms with Crippen molar-refractivity contribution in [3.05, 3.63) is 41.0 Å². The maximum absolute atomic E-state index is 14.9. The maximum atomic E-state index is 14.9. The Morgan fingerprint density at radius 2 is 2.11 bits per heavy atom. The SMILES string of the molecule is CCOC(=O)C1=Cc2ccccc2C1(F)C(C)=[18O]. The predicted octanol–water partition coefficient (Wildman–Crippen LogP) is 2.40. The highest BCUT2D eigenvalue weighted by molar-refractivity contribution is 6.09. The number of Topliss-reactive ketones (excluding diaryl/α,β-unsaturated/α-hetero) is 1. The zero-order valence-corrected chi connectivity index (χ0v) is 10.2. The van der Waals surface area contributed by atoms with E-state index in [1.54, 1.807) is 25.1 Å². The zero-order valence-electron chi connectivity index (χ0n) is 10.2. The van der Waals surface area contributed by atoms with E-state index in [1.807, 2.05) is 0 Å². The van der Waals surface area contributed by atoms with E-state index in [9.17, 15) is 14.0 Å². The number of halogens is 1. The number of hydrogen-bond acceptors (Lipinski definition) is 3. The smallest absolute Gasteiger partial charge is 0.338 e. The van der Waals surface area contributed by atoms with Crippen LogP contribution in [0.3, 0.4) is 0 Å². The minimum atomic E-state index is -2.39. The summed E-state index contributed by atoms with van der Waals surface area (Å²) in [4.78, 5) is 23.4. The highest BCUT2D eigenvalue weighted by Crippen LogP contribution is 2.44. The Bertz CT molecular complexity index is 548. The molecule has 0 bridgehead atoms. The summed E-state index contributed by atoms with van der Waals surface area (Å²) in [6.45, 7) is 2.91. The number of esters is 1. The number of carbonyl (C=O) groups excluding carboxylic acids is 2. The number of hydrogen-bond donors (Lipinski definition) is 0. The average molecular weight is 250 g/mol. The van der Waals surface area contributed by atoms with Gasteiger partial charge >= 0.3 is 5.97 Å². The van der Waals surface area contributed by atoms with Gasteiger partial charge in [-0.25, -0.2) is 9.18 Å². The first-order valence-corrected chi connectivity index (χ1v) is 5.70. The van der Waals surface area contributed by atoms with Crippen molar-refractivity contribution in [3.63, 3.8) is 0 Å². The fourth-order valence-electron chi connectivity index (χ4n) is 2.12. The van der Waals surface area contributed by atoms with Crippen LogP contribution in [0.5, 0.6) is 0 Å². The second-order valence-electron chi connectivity index (χ2n) is 4.08. The summed E-state index contributed by atoms with van der Waals surface area (Å²) in [6, 6.07) is 6.54. The second kappa shape index (κ2) is 4.37. The van der Waals surface area contributed by atoms with Gasteiger partial charge in [0.1, 0.15) is 0 Å². The first kappa shape index (κ1) is 12.5. The molecule has 0 aromatic heterocycles. The van der Waals surface area contributed by atoms with E-state index >= 15 is 0 Å². The molecule has 0 saturated carbocycles. The van der Waals surface area contributed by atoms with Gasteiger partial charge in [0.05, 0.1) is 12.2 Å². The van der Waals surface area contributed by atoms with Crippen molar-refractivity contribution in [2.24, 2.45) is 0 Å². The molecule has 2 rings (SSSR count). The van der Waals surface area contributed by atoms with E-state index in [0.29, 0.717) is 5.56 Å². The van der Waals surface area contributed by atoms with Crippen LogP contribution in [0.1, 0.15) is 25.0 Å². The van der Waals surface area contributed by atoms with Gasteiger partial charge in [0.2, 0.25) is 5.67 Å². The van der Waals surface area contributed by atoms with Crippen molar-refractivity contribution < 1.29 is 18.7 Å². The molecule has 0 amide bonds. The second-order valence-corrected chi connectivity index (χ2v) is 4.08. The van der Waals surface area contributed by atoms with E-state index in [4.69, 9.17) is 4.74 Å². The molecule has 0 saturated heterocycles. The molecule has 1 aromatic carbocycles. The summed E-state index contributed by atoms with van der Waals surface area (Å²) >= 11 is 0. The van der Waals surface area contributed by atoms with Crippen molar-refractivity contribution >= 4 is 17.8 Å². The van der Waals surface area contributed by atoms with Crippen molar-refractivity contribution in [1.82, 2.24) is 0 Å². The summed E-state index contributed by atoms with van der Waals surface area (Å²) in [5.41, 5.74) is -1.88. The predicted molar refractivity (Wildman–Crippen MR) is 64.5 cm³/mol. The molecule has 1 aromatic rings. The highest BCUT2D eigenvalue weighted by Gasteiger charge is 2.49. The van der Waals surface area contributed by atoms with E-state index < -0.39 is 17.4 Å². The third kappa shape index (κ3) is 1.65. The lowest BCUT2D eigenvalue weighted by molar-refractivity contribution is -0.142. The molecule has 1 aliphatic rings. The number of alkyl halides is 1. The lowest BCUT2D eigenvalue weighted by Gasteiger charge is -2.20. The van der Waals surface area contributed by atoms with Crippen LogP contribution in [0.15, 0.2) is 29.8 Å². The molecule has 1 aliphatic carbocycles. The lowest BCUT2D eigenvalue weighted by atomic mass is 9.89. The van der Waals surface area contributed by atoms with Gasteiger partial charge in [-0.1, -0.05) is 24.3 Å². The van der Waals surface area contributed by atoms with Crippen LogP contribution in [-0.2, 0) is 20.0 Å². The van der Waals surface area contributed by atoms with Gasteiger partial charge in [0.15, 0.2) is 5.78 Å². The van der Waals surface area contributed by atoms with Crippen molar-refractivity contribution in [2.75, 3.05) is 6.61 Å². The summed E-state index contributed by atoms with van der Waals surface area (Å²) in [5.74, 6) is -1.50. The Kier molecular flexibility index (Phi) is 3.03. The molecule has 0 spiro atoms. The van der Waals surface area contributed by atoms with Crippen molar-refractivity contribution in [2.45, 2.75) is 19.5 Å². The lowest BCUT2D eigenvalue weighted by Crippen LogP contribution is -2.33. The number of ether oxygens (including phenoxy) is 1. The first-order valence-electron chi connectivity index (χ1n) is 5.70. The average Bonchev–Trinajstić information content (AvgIpc) is 2.65. The summed E-state index contributed by atoms with van der Waals surface area (Å²) < 4.78 is 19.8. The molecule has 94 valence electrons. The normalized spacial score (nSPS) is 21.2. The van der Waals surface area contributed by atoms with Gasteiger partial charge in [-0.15, -0.1) is 0 Å². The quantitative estimate of drug-likeness (QED) is 0.611. The van der Waals surface area contributed by atoms with Crippen LogP contribution < -0.4 is 0 Å². The van der Waals surface area contributed by atoms with Gasteiger partial charge in [0, 0.05) is 5.56 Å². The fraction of sp³-hybridized carbons (Fsp3) is 0.286. The highest BCUT2D eigenvalue weighted by atomic mass is 19.1. The van der Waals surface area contributed by atoms with E-state index in [2.05, 4.69) is 0 Å². The molecule has 0 radical (unpaired) electrons. The topological polar surface area (TPSA) is 43.4 Å². The number of benzene rings is 1. The van der Waals surface area contributed by atoms with E-state index in [-0.39, 0.29) is 17.7 Å². The number of rotatable bonds is 3. The number of carbonyl (C=O) groups is 2. The van der Waals surface area contributed by atoms with Crippen LogP contribution >= 0.6 is 0 Å². The first-order chi connectivity index (χ1) is 8.51. The molecule has 3 nitrogen and oxygen atoms in total. The van der Waals surface area contributed by atoms with Gasteiger partial charge in [-0.05, 0) is 25.5 Å². The Hall–Kier alpha value is -1.97. The number of ketones is 1. The van der Waals surface area contributed by atoms with E-state index in [0.717, 1.165) is 6.92 Å². The summed E-state index contributed by atoms with van der Waals surface area (Å²) in [6.07, 6.45) is 1.38. The van der Waals surface area contributed by atoms with Crippen LogP contribution in [0.4, 0.5) is 4.39 Å². The molecule has 0 heterocycles. The molecule has 0 fully saturated rings. The zero-order chi connectivity index (χ0) is 13.3. The molecular formula is C14H13FO3. The largest absolute Gasteiger partial charge is 0.463 e. The van der Waals surface area contributed by atoms with Crippen molar-refractivity contribution in [3.8, 4) is 0 Å². The Balaban J connectivity index is 2.56. The third-order valence-corrected chi connectivity index (χ3v) is 2.98. The monoisotopic (exact) mass is 250 g/mol. The molecule has 0 N–H and O–H groups in total. The van der Waals surface area contributed by atoms with Crippen LogP contribution in [0.2, 0.25) is 0 Å². The summed E-state index contributed by atoms with van der Waals surface area (Å²) in [5, 5.41) is 0. The van der Waals surface area contributed by atoms with Gasteiger partial charge in [0.25, 0.3) is 0 Å². The molecule has 4 heteroatoms. The van der Waals surface area contributed by atoms with Gasteiger partial charge in [-0.2, -0.15) is 0 Å². The molecule has 0 aliphatic heterocycles. The minimum absolute atomic E-state index is 0.139. The fourth-order valence-corrected chi connectivity index (χ4v) is 2.12. The summed E-state index contributed by atoms with van der Waals surface area (Å²) in [7, 11) is 0. The van der Waals surface area contributed by atoms with Gasteiger partial charge < -0.3 is 4.74 Å². The van der Waals surface area contributed by atoms with Crippen molar-refractivity contribution in [1.29, 1.82) is 0 Å². The Labute approximate surface area is 104 Å². The number of fused-ring (bicyclic) bond motifs is 1. The van der Waals surface area contributed by atoms with Crippen LogP contribution in [0, 0.1) is 0 Å². The Morgan fingerprint density at radius 1 is 1.44 bits per heavy atom. The standard InChI is InChI=1S/C14H13FO3/c1-3-18-13(17)12-8-10-6-4-5-7-11(10)14(12,15)9(2)16/h4-8H,3H2,1-2H3/i16+2. The Morgan fingerprint density at radius 3 is 2.72 bits per heavy atom. The molecular weight excluding hydrogens is 237 g/mol. The van der Waals surface area contributed by atoms with E-state index in [1.165, 1.54) is 12.1 Å². The minimum Gasteiger partial charge on any atom is -0.463 e. The van der Waals surface area contributed by atoms with Crippen LogP contribution in [0.25, 0.3) is 6.08 Å².